The summed E-state index contributed by atoms with van der Waals surface area (Å²) in [5.74, 6) is 0. The average molecular weight is 265 g/mol. The molecule has 1 saturated carbocycles. The highest BCUT2D eigenvalue weighted by molar-refractivity contribution is 5.68. The van der Waals surface area contributed by atoms with E-state index < -0.39 is 17.7 Å². The van der Waals surface area contributed by atoms with Gasteiger partial charge in [0.25, 0.3) is 0 Å². The van der Waals surface area contributed by atoms with Gasteiger partial charge in [0.2, 0.25) is 0 Å². The van der Waals surface area contributed by atoms with Crippen molar-refractivity contribution < 1.29 is 19.7 Å². The second kappa shape index (κ2) is 6.04. The summed E-state index contributed by atoms with van der Waals surface area (Å²) in [5, 5.41) is 21.6. The van der Waals surface area contributed by atoms with Crippen LogP contribution in [0.3, 0.4) is 0 Å². The molecule has 2 atom stereocenters. The fraction of sp³-hybridized carbons (Fsp3) is 0.500. The van der Waals surface area contributed by atoms with Crippen molar-refractivity contribution in [2.45, 2.75) is 37.5 Å². The number of alkyl carbamates (subject to hydrolysis) is 1. The number of amides is 1. The van der Waals surface area contributed by atoms with Gasteiger partial charge in [-0.15, -0.1) is 0 Å². The van der Waals surface area contributed by atoms with Crippen molar-refractivity contribution in [3.63, 3.8) is 0 Å². The van der Waals surface area contributed by atoms with Crippen LogP contribution in [0.1, 0.15) is 24.8 Å². The van der Waals surface area contributed by atoms with Crippen LogP contribution in [0.4, 0.5) is 4.79 Å². The number of hydrogen-bond donors (Lipinski definition) is 3. The lowest BCUT2D eigenvalue weighted by atomic mass is 9.99. The zero-order valence-corrected chi connectivity index (χ0v) is 10.7. The van der Waals surface area contributed by atoms with Gasteiger partial charge in [-0.2, -0.15) is 0 Å². The van der Waals surface area contributed by atoms with E-state index in [0.717, 1.165) is 5.56 Å². The van der Waals surface area contributed by atoms with Gasteiger partial charge >= 0.3 is 6.09 Å². The average Bonchev–Trinajstić information content (AvgIpc) is 2.79. The van der Waals surface area contributed by atoms with Crippen LogP contribution in [0.25, 0.3) is 0 Å². The van der Waals surface area contributed by atoms with Crippen LogP contribution >= 0.6 is 0 Å². The van der Waals surface area contributed by atoms with E-state index in [4.69, 9.17) is 4.74 Å². The van der Waals surface area contributed by atoms with Gasteiger partial charge in [-0.25, -0.2) is 4.79 Å². The first-order valence-electron chi connectivity index (χ1n) is 6.41. The molecule has 104 valence electrons. The van der Waals surface area contributed by atoms with Crippen molar-refractivity contribution in [1.29, 1.82) is 0 Å². The second-order valence-electron chi connectivity index (χ2n) is 5.02. The highest BCUT2D eigenvalue weighted by Gasteiger charge is 2.39. The predicted octanol–water partition coefficient (Wildman–Crippen LogP) is 1.19. The van der Waals surface area contributed by atoms with Crippen molar-refractivity contribution in [1.82, 2.24) is 5.32 Å². The molecule has 5 nitrogen and oxygen atoms in total. The maximum atomic E-state index is 11.7. The first-order valence-corrected chi connectivity index (χ1v) is 6.41. The van der Waals surface area contributed by atoms with Crippen molar-refractivity contribution in [3.05, 3.63) is 35.9 Å². The summed E-state index contributed by atoms with van der Waals surface area (Å²) in [6.45, 7) is 0.00122. The van der Waals surface area contributed by atoms with Gasteiger partial charge in [0, 0.05) is 0 Å². The summed E-state index contributed by atoms with van der Waals surface area (Å²) in [6, 6.07) is 9.38. The molecule has 1 amide bonds. The quantitative estimate of drug-likeness (QED) is 0.764. The molecule has 0 radical (unpaired) electrons. The van der Waals surface area contributed by atoms with E-state index in [-0.39, 0.29) is 13.2 Å². The highest BCUT2D eigenvalue weighted by Crippen LogP contribution is 2.29. The van der Waals surface area contributed by atoms with Crippen LogP contribution in [0.15, 0.2) is 30.3 Å². The van der Waals surface area contributed by atoms with Gasteiger partial charge in [-0.1, -0.05) is 30.3 Å². The van der Waals surface area contributed by atoms with Gasteiger partial charge in [-0.3, -0.25) is 0 Å². The Hall–Kier alpha value is -1.59. The summed E-state index contributed by atoms with van der Waals surface area (Å²) >= 11 is 0. The van der Waals surface area contributed by atoms with Crippen LogP contribution in [-0.2, 0) is 11.3 Å². The minimum absolute atomic E-state index is 0.190. The first kappa shape index (κ1) is 13.8. The third-order valence-electron chi connectivity index (χ3n) is 3.47. The molecule has 2 rings (SSSR count). The Kier molecular flexibility index (Phi) is 4.39. The van der Waals surface area contributed by atoms with Crippen LogP contribution in [0.2, 0.25) is 0 Å². The Bertz CT molecular complexity index is 423. The lowest BCUT2D eigenvalue weighted by Crippen LogP contribution is -2.49. The number of carbonyl (C=O) groups excluding carboxylic acids is 1. The van der Waals surface area contributed by atoms with Crippen molar-refractivity contribution in [3.8, 4) is 0 Å². The Morgan fingerprint density at radius 3 is 2.74 bits per heavy atom. The lowest BCUT2D eigenvalue weighted by Gasteiger charge is -2.27. The Morgan fingerprint density at radius 1 is 1.42 bits per heavy atom. The van der Waals surface area contributed by atoms with Crippen molar-refractivity contribution >= 4 is 6.09 Å². The molecule has 5 heteroatoms. The largest absolute Gasteiger partial charge is 0.445 e. The standard InChI is InChI=1S/C14H19NO4/c16-10-14(7-6-12(17)8-14)15-13(18)19-9-11-4-2-1-3-5-11/h1-5,12,16-17H,6-10H2,(H,15,18)/t12-,14+/m0/s1. The van der Waals surface area contributed by atoms with E-state index >= 15 is 0 Å². The van der Waals surface area contributed by atoms with E-state index in [9.17, 15) is 15.0 Å². The number of benzene rings is 1. The maximum absolute atomic E-state index is 11.7. The maximum Gasteiger partial charge on any atom is 0.407 e. The fourth-order valence-electron chi connectivity index (χ4n) is 2.37. The topological polar surface area (TPSA) is 78.8 Å². The van der Waals surface area contributed by atoms with E-state index in [0.29, 0.717) is 19.3 Å². The Balaban J connectivity index is 1.84. The van der Waals surface area contributed by atoms with E-state index in [1.807, 2.05) is 30.3 Å². The summed E-state index contributed by atoms with van der Waals surface area (Å²) in [4.78, 5) is 11.7. The van der Waals surface area contributed by atoms with Crippen molar-refractivity contribution in [2.75, 3.05) is 6.61 Å². The normalized spacial score (nSPS) is 26.1. The van der Waals surface area contributed by atoms with E-state index in [1.54, 1.807) is 0 Å². The molecule has 3 N–H and O–H groups in total. The molecule has 0 spiro atoms. The molecule has 1 aromatic rings. The first-order chi connectivity index (χ1) is 9.13. The second-order valence-corrected chi connectivity index (χ2v) is 5.02. The third kappa shape index (κ3) is 3.68. The predicted molar refractivity (Wildman–Crippen MR) is 69.4 cm³/mol. The molecule has 1 fully saturated rings. The summed E-state index contributed by atoms with van der Waals surface area (Å²) in [5.41, 5.74) is 0.162. The van der Waals surface area contributed by atoms with E-state index in [2.05, 4.69) is 5.32 Å². The molecule has 1 aromatic carbocycles. The van der Waals surface area contributed by atoms with Crippen LogP contribution in [-0.4, -0.2) is 34.6 Å². The van der Waals surface area contributed by atoms with E-state index in [1.165, 1.54) is 0 Å². The lowest BCUT2D eigenvalue weighted by molar-refractivity contribution is 0.0987. The molecule has 0 bridgehead atoms. The number of rotatable bonds is 4. The SMILES string of the molecule is O=C(N[C@]1(CO)CC[C@H](O)C1)OCc1ccccc1. The molecule has 0 unspecified atom stereocenters. The van der Waals surface area contributed by atoms with Crippen molar-refractivity contribution in [2.24, 2.45) is 0 Å². The highest BCUT2D eigenvalue weighted by atomic mass is 16.5. The molecule has 0 aromatic heterocycles. The Morgan fingerprint density at radius 2 is 2.16 bits per heavy atom. The minimum Gasteiger partial charge on any atom is -0.445 e. The number of nitrogens with one attached hydrogen (secondary N) is 1. The van der Waals surface area contributed by atoms with Gasteiger partial charge in [0.1, 0.15) is 6.61 Å². The molecular formula is C14H19NO4. The minimum atomic E-state index is -0.743. The summed E-state index contributed by atoms with van der Waals surface area (Å²) < 4.78 is 5.11. The molecule has 0 heterocycles. The van der Waals surface area contributed by atoms with Gasteiger partial charge < -0.3 is 20.3 Å². The molecule has 0 aliphatic heterocycles. The van der Waals surface area contributed by atoms with Crippen LogP contribution in [0, 0.1) is 0 Å². The third-order valence-corrected chi connectivity index (χ3v) is 3.47. The number of carbonyl (C=O) groups is 1. The molecular weight excluding hydrogens is 246 g/mol. The fourth-order valence-corrected chi connectivity index (χ4v) is 2.37. The van der Waals surface area contributed by atoms with Gasteiger partial charge in [-0.05, 0) is 24.8 Å². The number of ether oxygens (including phenoxy) is 1. The number of hydrogen-bond acceptors (Lipinski definition) is 4. The molecule has 19 heavy (non-hydrogen) atoms. The van der Waals surface area contributed by atoms with Crippen LogP contribution < -0.4 is 5.32 Å². The zero-order valence-electron chi connectivity index (χ0n) is 10.7. The molecule has 1 aliphatic carbocycles. The summed E-state index contributed by atoms with van der Waals surface area (Å²) in [7, 11) is 0. The number of aliphatic hydroxyl groups excluding tert-OH is 2. The molecule has 0 saturated heterocycles. The Labute approximate surface area is 112 Å². The van der Waals surface area contributed by atoms with Gasteiger partial charge in [0.05, 0.1) is 18.2 Å². The monoisotopic (exact) mass is 265 g/mol. The van der Waals surface area contributed by atoms with Crippen LogP contribution in [0.5, 0.6) is 0 Å². The smallest absolute Gasteiger partial charge is 0.407 e. The summed E-state index contributed by atoms with van der Waals surface area (Å²) in [6.07, 6.45) is 0.475. The van der Waals surface area contributed by atoms with Gasteiger partial charge in [0.15, 0.2) is 0 Å². The molecule has 1 aliphatic rings. The number of aliphatic hydroxyl groups is 2. The zero-order chi connectivity index (χ0) is 13.7.